The maximum Gasteiger partial charge on any atom is 0.139 e. The van der Waals surface area contributed by atoms with Crippen LogP contribution in [-0.2, 0) is 4.79 Å². The van der Waals surface area contributed by atoms with Crippen molar-refractivity contribution < 1.29 is 9.90 Å². The van der Waals surface area contributed by atoms with Gasteiger partial charge in [0.15, 0.2) is 0 Å². The molecular formula is C10H16O2. The first-order chi connectivity index (χ1) is 5.54. The Kier molecular flexibility index (Phi) is 1.45. The second-order valence-corrected chi connectivity index (χ2v) is 4.77. The summed E-state index contributed by atoms with van der Waals surface area (Å²) in [5, 5.41) is 9.34. The molecule has 2 bridgehead atoms. The summed E-state index contributed by atoms with van der Waals surface area (Å²) in [5.41, 5.74) is -0.337. The average Bonchev–Trinajstić information content (AvgIpc) is 2.39. The van der Waals surface area contributed by atoms with Crippen LogP contribution < -0.4 is 0 Å². The van der Waals surface area contributed by atoms with E-state index < -0.39 is 0 Å². The molecule has 3 atom stereocenters. The van der Waals surface area contributed by atoms with E-state index in [-0.39, 0.29) is 17.4 Å². The molecule has 0 radical (unpaired) electrons. The van der Waals surface area contributed by atoms with Crippen LogP contribution >= 0.6 is 0 Å². The Bertz CT molecular complexity index is 236. The highest BCUT2D eigenvalue weighted by molar-refractivity contribution is 5.89. The minimum Gasteiger partial charge on any atom is -0.396 e. The zero-order chi connectivity index (χ0) is 8.98. The number of rotatable bonds is 1. The third-order valence-corrected chi connectivity index (χ3v) is 4.53. The van der Waals surface area contributed by atoms with Crippen LogP contribution in [-0.4, -0.2) is 17.5 Å². The van der Waals surface area contributed by atoms with Crippen LogP contribution in [0.25, 0.3) is 0 Å². The molecule has 1 N–H and O–H groups in total. The molecule has 2 aliphatic rings. The Balaban J connectivity index is 2.44. The molecule has 2 aliphatic carbocycles. The van der Waals surface area contributed by atoms with Gasteiger partial charge in [-0.3, -0.25) is 4.79 Å². The lowest BCUT2D eigenvalue weighted by Gasteiger charge is -2.34. The molecule has 0 aromatic heterocycles. The number of carbonyl (C=O) groups is 1. The zero-order valence-electron chi connectivity index (χ0n) is 7.76. The number of carbonyl (C=O) groups excluding carboxylic acids is 1. The number of aliphatic hydroxyl groups is 1. The van der Waals surface area contributed by atoms with Gasteiger partial charge in [0.1, 0.15) is 5.78 Å². The number of fused-ring (bicyclic) bond motifs is 2. The SMILES string of the molecule is C[C@]12CC[C@@H](CC1=O)[C@]2(C)CO. The summed E-state index contributed by atoms with van der Waals surface area (Å²) in [5.74, 6) is 0.815. The molecule has 0 amide bonds. The monoisotopic (exact) mass is 168 g/mol. The van der Waals surface area contributed by atoms with Crippen LogP contribution in [0.5, 0.6) is 0 Å². The van der Waals surface area contributed by atoms with Crippen molar-refractivity contribution in [3.8, 4) is 0 Å². The third-order valence-electron chi connectivity index (χ3n) is 4.53. The second kappa shape index (κ2) is 2.11. The van der Waals surface area contributed by atoms with Crippen LogP contribution in [0.3, 0.4) is 0 Å². The molecule has 2 fully saturated rings. The number of hydrogen-bond acceptors (Lipinski definition) is 2. The lowest BCUT2D eigenvalue weighted by molar-refractivity contribution is -0.129. The van der Waals surface area contributed by atoms with Crippen molar-refractivity contribution in [2.75, 3.05) is 6.61 Å². The molecule has 2 saturated carbocycles. The van der Waals surface area contributed by atoms with E-state index in [1.165, 1.54) is 0 Å². The fourth-order valence-corrected chi connectivity index (χ4v) is 3.06. The molecule has 0 aliphatic heterocycles. The van der Waals surface area contributed by atoms with Crippen LogP contribution in [0.1, 0.15) is 33.1 Å². The van der Waals surface area contributed by atoms with Crippen LogP contribution in [0.2, 0.25) is 0 Å². The van der Waals surface area contributed by atoms with Crippen molar-refractivity contribution in [3.05, 3.63) is 0 Å². The Morgan fingerprint density at radius 1 is 1.58 bits per heavy atom. The van der Waals surface area contributed by atoms with Gasteiger partial charge in [-0.15, -0.1) is 0 Å². The van der Waals surface area contributed by atoms with E-state index >= 15 is 0 Å². The molecule has 12 heavy (non-hydrogen) atoms. The first-order valence-corrected chi connectivity index (χ1v) is 4.69. The molecule has 0 aromatic carbocycles. The Labute approximate surface area is 73.0 Å². The first-order valence-electron chi connectivity index (χ1n) is 4.69. The van der Waals surface area contributed by atoms with E-state index in [0.29, 0.717) is 18.1 Å². The standard InChI is InChI=1S/C10H16O2/c1-9-4-3-7(5-8(9)12)10(9,2)6-11/h7,11H,3-6H2,1-2H3/t7-,9-,10-/m0/s1. The third kappa shape index (κ3) is 0.634. The van der Waals surface area contributed by atoms with E-state index in [1.807, 2.05) is 6.92 Å². The van der Waals surface area contributed by atoms with Gasteiger partial charge in [-0.2, -0.15) is 0 Å². The topological polar surface area (TPSA) is 37.3 Å². The van der Waals surface area contributed by atoms with E-state index in [2.05, 4.69) is 6.92 Å². The molecule has 0 heterocycles. The van der Waals surface area contributed by atoms with Crippen molar-refractivity contribution >= 4 is 5.78 Å². The molecular weight excluding hydrogens is 152 g/mol. The molecule has 2 nitrogen and oxygen atoms in total. The van der Waals surface area contributed by atoms with Crippen molar-refractivity contribution in [1.82, 2.24) is 0 Å². The molecule has 68 valence electrons. The van der Waals surface area contributed by atoms with E-state index in [4.69, 9.17) is 0 Å². The van der Waals surface area contributed by atoms with Gasteiger partial charge in [0, 0.05) is 23.9 Å². The lowest BCUT2D eigenvalue weighted by atomic mass is 9.69. The van der Waals surface area contributed by atoms with Gasteiger partial charge in [-0.1, -0.05) is 13.8 Å². The van der Waals surface area contributed by atoms with Gasteiger partial charge in [-0.25, -0.2) is 0 Å². The van der Waals surface area contributed by atoms with Crippen LogP contribution in [0.15, 0.2) is 0 Å². The second-order valence-electron chi connectivity index (χ2n) is 4.77. The van der Waals surface area contributed by atoms with Crippen molar-refractivity contribution in [2.45, 2.75) is 33.1 Å². The van der Waals surface area contributed by atoms with Gasteiger partial charge >= 0.3 is 0 Å². The summed E-state index contributed by atoms with van der Waals surface area (Å²) < 4.78 is 0. The molecule has 0 aromatic rings. The smallest absolute Gasteiger partial charge is 0.139 e. The molecule has 0 spiro atoms. The van der Waals surface area contributed by atoms with Gasteiger partial charge in [0.2, 0.25) is 0 Å². The first kappa shape index (κ1) is 8.24. The number of hydrogen-bond donors (Lipinski definition) is 1. The fourth-order valence-electron chi connectivity index (χ4n) is 3.06. The maximum atomic E-state index is 11.6. The summed E-state index contributed by atoms with van der Waals surface area (Å²) >= 11 is 0. The molecule has 0 unspecified atom stereocenters. The zero-order valence-corrected chi connectivity index (χ0v) is 7.76. The largest absolute Gasteiger partial charge is 0.396 e. The average molecular weight is 168 g/mol. The summed E-state index contributed by atoms with van der Waals surface area (Å²) in [6.07, 6.45) is 2.81. The van der Waals surface area contributed by atoms with E-state index in [1.54, 1.807) is 0 Å². The van der Waals surface area contributed by atoms with Gasteiger partial charge < -0.3 is 5.11 Å². The van der Waals surface area contributed by atoms with Gasteiger partial charge in [0.05, 0.1) is 0 Å². The van der Waals surface area contributed by atoms with E-state index in [0.717, 1.165) is 12.8 Å². The normalized spacial score (nSPS) is 51.9. The molecule has 2 rings (SSSR count). The number of aliphatic hydroxyl groups excluding tert-OH is 1. The van der Waals surface area contributed by atoms with Crippen LogP contribution in [0, 0.1) is 16.7 Å². The Morgan fingerprint density at radius 2 is 2.25 bits per heavy atom. The highest BCUT2D eigenvalue weighted by atomic mass is 16.3. The minimum absolute atomic E-state index is 0.121. The number of ketones is 1. The molecule has 2 heteroatoms. The quantitative estimate of drug-likeness (QED) is 0.642. The van der Waals surface area contributed by atoms with Crippen LogP contribution in [0.4, 0.5) is 0 Å². The Morgan fingerprint density at radius 3 is 2.50 bits per heavy atom. The summed E-state index contributed by atoms with van der Waals surface area (Å²) in [7, 11) is 0. The van der Waals surface area contributed by atoms with Crippen molar-refractivity contribution in [3.63, 3.8) is 0 Å². The predicted octanol–water partition coefficient (Wildman–Crippen LogP) is 1.37. The van der Waals surface area contributed by atoms with Gasteiger partial charge in [-0.05, 0) is 18.8 Å². The number of Topliss-reactive ketones (excluding diaryl/α,β-unsaturated/α-hetero) is 1. The maximum absolute atomic E-state index is 11.6. The van der Waals surface area contributed by atoms with Crippen molar-refractivity contribution in [1.29, 1.82) is 0 Å². The summed E-state index contributed by atoms with van der Waals surface area (Å²) in [6, 6.07) is 0. The fraction of sp³-hybridized carbons (Fsp3) is 0.900. The minimum atomic E-state index is -0.216. The molecule has 0 saturated heterocycles. The highest BCUT2D eigenvalue weighted by Gasteiger charge is 2.63. The highest BCUT2D eigenvalue weighted by Crippen LogP contribution is 2.63. The van der Waals surface area contributed by atoms with Crippen molar-refractivity contribution in [2.24, 2.45) is 16.7 Å². The summed E-state index contributed by atoms with van der Waals surface area (Å²) in [4.78, 5) is 11.6. The van der Waals surface area contributed by atoms with E-state index in [9.17, 15) is 9.90 Å². The Hall–Kier alpha value is -0.370. The summed E-state index contributed by atoms with van der Waals surface area (Å²) in [6.45, 7) is 4.26. The predicted molar refractivity (Wildman–Crippen MR) is 45.6 cm³/mol. The van der Waals surface area contributed by atoms with Gasteiger partial charge in [0.25, 0.3) is 0 Å². The lowest BCUT2D eigenvalue weighted by Crippen LogP contribution is -2.37.